The average Bonchev–Trinajstić information content (AvgIpc) is 2.19. The van der Waals surface area contributed by atoms with Crippen molar-refractivity contribution in [3.8, 4) is 0 Å². The highest BCUT2D eigenvalue weighted by molar-refractivity contribution is 7.99. The van der Waals surface area contributed by atoms with Gasteiger partial charge in [-0.1, -0.05) is 6.08 Å². The molecular weight excluding hydrogens is 180 g/mol. The molecule has 2 N–H and O–H groups in total. The van der Waals surface area contributed by atoms with Gasteiger partial charge in [-0.15, -0.1) is 6.58 Å². The lowest BCUT2D eigenvalue weighted by Gasteiger charge is -2.23. The van der Waals surface area contributed by atoms with Crippen molar-refractivity contribution in [2.24, 2.45) is 0 Å². The van der Waals surface area contributed by atoms with Crippen molar-refractivity contribution in [1.82, 2.24) is 10.6 Å². The number of hydrogen-bond donors (Lipinski definition) is 2. The van der Waals surface area contributed by atoms with Crippen LogP contribution in [0.5, 0.6) is 0 Å². The molecule has 0 aromatic carbocycles. The summed E-state index contributed by atoms with van der Waals surface area (Å²) >= 11 is 1.95. The van der Waals surface area contributed by atoms with Crippen LogP contribution < -0.4 is 10.6 Å². The molecule has 0 spiro atoms. The molecule has 0 atom stereocenters. The Labute approximate surface area is 85.6 Å². The maximum atomic E-state index is 3.70. The first-order valence-electron chi connectivity index (χ1n) is 5.06. The van der Waals surface area contributed by atoms with Gasteiger partial charge in [0.05, 0.1) is 0 Å². The molecular formula is C10H20N2S. The van der Waals surface area contributed by atoms with Crippen LogP contribution in [0.3, 0.4) is 0 Å². The van der Waals surface area contributed by atoms with E-state index in [1.807, 2.05) is 17.8 Å². The minimum Gasteiger partial charge on any atom is -0.317 e. The van der Waals surface area contributed by atoms with Crippen LogP contribution in [0.4, 0.5) is 0 Å². The summed E-state index contributed by atoms with van der Waals surface area (Å²) in [5, 5.41) is 6.95. The minimum atomic E-state index is 0.755. The van der Waals surface area contributed by atoms with Crippen molar-refractivity contribution in [2.45, 2.75) is 18.9 Å². The van der Waals surface area contributed by atoms with Crippen LogP contribution >= 0.6 is 11.8 Å². The molecule has 0 bridgehead atoms. The van der Waals surface area contributed by atoms with Crippen LogP contribution in [0.15, 0.2) is 12.7 Å². The zero-order chi connectivity index (χ0) is 9.36. The zero-order valence-electron chi connectivity index (χ0n) is 8.22. The Morgan fingerprint density at radius 1 is 1.46 bits per heavy atom. The highest BCUT2D eigenvalue weighted by Crippen LogP contribution is 2.03. The van der Waals surface area contributed by atoms with E-state index < -0.39 is 0 Å². The Kier molecular flexibility index (Phi) is 6.33. The van der Waals surface area contributed by atoms with Gasteiger partial charge >= 0.3 is 0 Å². The van der Waals surface area contributed by atoms with Crippen molar-refractivity contribution in [3.05, 3.63) is 12.7 Å². The van der Waals surface area contributed by atoms with Gasteiger partial charge in [0, 0.05) is 24.1 Å². The second-order valence-corrected chi connectivity index (χ2v) is 4.49. The number of thioether (sulfide) groups is 1. The van der Waals surface area contributed by atoms with E-state index in [2.05, 4.69) is 17.2 Å². The van der Waals surface area contributed by atoms with Gasteiger partial charge < -0.3 is 10.6 Å². The Balaban J connectivity index is 1.89. The van der Waals surface area contributed by atoms with Crippen LogP contribution in [0.1, 0.15) is 12.8 Å². The third kappa shape index (κ3) is 5.34. The van der Waals surface area contributed by atoms with E-state index in [9.17, 15) is 0 Å². The molecule has 3 heteroatoms. The topological polar surface area (TPSA) is 24.1 Å². The monoisotopic (exact) mass is 200 g/mol. The molecule has 0 aromatic heterocycles. The van der Waals surface area contributed by atoms with Crippen LogP contribution in [0.2, 0.25) is 0 Å². The Morgan fingerprint density at radius 3 is 2.92 bits per heavy atom. The van der Waals surface area contributed by atoms with Gasteiger partial charge in [-0.25, -0.2) is 0 Å². The lowest BCUT2D eigenvalue weighted by Crippen LogP contribution is -2.40. The Hall–Kier alpha value is 0.01000. The molecule has 1 saturated heterocycles. The summed E-state index contributed by atoms with van der Waals surface area (Å²) in [6.45, 7) is 7.20. The van der Waals surface area contributed by atoms with Gasteiger partial charge in [0.2, 0.25) is 0 Å². The van der Waals surface area contributed by atoms with Crippen molar-refractivity contribution < 1.29 is 0 Å². The van der Waals surface area contributed by atoms with Gasteiger partial charge in [-0.05, 0) is 25.9 Å². The van der Waals surface area contributed by atoms with Gasteiger partial charge in [-0.2, -0.15) is 11.8 Å². The maximum Gasteiger partial charge on any atom is 0.0111 e. The molecule has 0 saturated carbocycles. The summed E-state index contributed by atoms with van der Waals surface area (Å²) in [5.41, 5.74) is 0. The van der Waals surface area contributed by atoms with Crippen LogP contribution in [-0.4, -0.2) is 37.2 Å². The van der Waals surface area contributed by atoms with E-state index in [0.717, 1.165) is 18.3 Å². The van der Waals surface area contributed by atoms with E-state index in [0.29, 0.717) is 0 Å². The molecule has 1 fully saturated rings. The van der Waals surface area contributed by atoms with Crippen LogP contribution in [0.25, 0.3) is 0 Å². The molecule has 2 nitrogen and oxygen atoms in total. The fraction of sp³-hybridized carbons (Fsp3) is 0.800. The van der Waals surface area contributed by atoms with Crippen molar-refractivity contribution in [3.63, 3.8) is 0 Å². The number of hydrogen-bond acceptors (Lipinski definition) is 3. The lowest BCUT2D eigenvalue weighted by atomic mass is 10.1. The van der Waals surface area contributed by atoms with E-state index in [-0.39, 0.29) is 0 Å². The van der Waals surface area contributed by atoms with Crippen LogP contribution in [0, 0.1) is 0 Å². The predicted molar refractivity (Wildman–Crippen MR) is 61.4 cm³/mol. The molecule has 0 unspecified atom stereocenters. The van der Waals surface area contributed by atoms with E-state index in [1.165, 1.54) is 31.7 Å². The summed E-state index contributed by atoms with van der Waals surface area (Å²) in [5.74, 6) is 2.28. The number of piperidine rings is 1. The fourth-order valence-corrected chi connectivity index (χ4v) is 2.12. The predicted octanol–water partition coefficient (Wildman–Crippen LogP) is 1.25. The Bertz CT molecular complexity index is 133. The van der Waals surface area contributed by atoms with E-state index in [1.54, 1.807) is 0 Å². The normalized spacial score (nSPS) is 18.8. The average molecular weight is 200 g/mol. The molecule has 76 valence electrons. The molecule has 13 heavy (non-hydrogen) atoms. The molecule has 0 aromatic rings. The van der Waals surface area contributed by atoms with Gasteiger partial charge in [0.15, 0.2) is 0 Å². The standard InChI is InChI=1S/C10H20N2S/c1-2-8-13-9-7-12-10-3-5-11-6-4-10/h2,10-12H,1,3-9H2. The minimum absolute atomic E-state index is 0.755. The van der Waals surface area contributed by atoms with E-state index in [4.69, 9.17) is 0 Å². The summed E-state index contributed by atoms with van der Waals surface area (Å²) in [6.07, 6.45) is 4.54. The largest absolute Gasteiger partial charge is 0.317 e. The quantitative estimate of drug-likeness (QED) is 0.498. The molecule has 1 aliphatic rings. The third-order valence-electron chi connectivity index (χ3n) is 2.25. The van der Waals surface area contributed by atoms with Gasteiger partial charge in [-0.3, -0.25) is 0 Å². The summed E-state index contributed by atoms with van der Waals surface area (Å²) in [6, 6.07) is 0.755. The van der Waals surface area contributed by atoms with Crippen LogP contribution in [-0.2, 0) is 0 Å². The third-order valence-corrected chi connectivity index (χ3v) is 3.22. The second kappa shape index (κ2) is 7.42. The summed E-state index contributed by atoms with van der Waals surface area (Å²) in [7, 11) is 0. The first kappa shape index (κ1) is 11.1. The number of nitrogens with one attached hydrogen (secondary N) is 2. The highest BCUT2D eigenvalue weighted by atomic mass is 32.2. The molecule has 0 radical (unpaired) electrons. The Morgan fingerprint density at radius 2 is 2.23 bits per heavy atom. The maximum absolute atomic E-state index is 3.70. The first-order chi connectivity index (χ1) is 6.43. The van der Waals surface area contributed by atoms with Gasteiger partial charge in [0.1, 0.15) is 0 Å². The SMILES string of the molecule is C=CCSCCNC1CCNCC1. The van der Waals surface area contributed by atoms with Crippen molar-refractivity contribution >= 4 is 11.8 Å². The molecule has 1 aliphatic heterocycles. The fourth-order valence-electron chi connectivity index (χ4n) is 1.53. The lowest BCUT2D eigenvalue weighted by molar-refractivity contribution is 0.395. The highest BCUT2D eigenvalue weighted by Gasteiger charge is 2.10. The first-order valence-corrected chi connectivity index (χ1v) is 6.21. The molecule has 1 heterocycles. The van der Waals surface area contributed by atoms with Gasteiger partial charge in [0.25, 0.3) is 0 Å². The summed E-state index contributed by atoms with van der Waals surface area (Å²) in [4.78, 5) is 0. The molecule has 0 aliphatic carbocycles. The van der Waals surface area contributed by atoms with Crippen molar-refractivity contribution in [2.75, 3.05) is 31.1 Å². The van der Waals surface area contributed by atoms with Crippen molar-refractivity contribution in [1.29, 1.82) is 0 Å². The summed E-state index contributed by atoms with van der Waals surface area (Å²) < 4.78 is 0. The van der Waals surface area contributed by atoms with E-state index >= 15 is 0 Å². The molecule has 1 rings (SSSR count). The zero-order valence-corrected chi connectivity index (χ0v) is 9.04. The number of rotatable bonds is 6. The smallest absolute Gasteiger partial charge is 0.0111 e. The molecule has 0 amide bonds. The second-order valence-electron chi connectivity index (χ2n) is 3.34.